The fourth-order valence-corrected chi connectivity index (χ4v) is 4.87. The molecule has 1 aliphatic heterocycles. The molecule has 1 atom stereocenters. The summed E-state index contributed by atoms with van der Waals surface area (Å²) in [6.07, 6.45) is 3.70. The fourth-order valence-electron chi connectivity index (χ4n) is 4.87. The van der Waals surface area contributed by atoms with Gasteiger partial charge in [0.05, 0.1) is 17.8 Å². The largest absolute Gasteiger partial charge is 0.389 e. The molecule has 0 amide bonds. The van der Waals surface area contributed by atoms with Crippen molar-refractivity contribution in [2.24, 2.45) is 0 Å². The van der Waals surface area contributed by atoms with Gasteiger partial charge < -0.3 is 9.63 Å². The average Bonchev–Trinajstić information content (AvgIpc) is 3.37. The van der Waals surface area contributed by atoms with Crippen LogP contribution >= 0.6 is 0 Å². The van der Waals surface area contributed by atoms with E-state index < -0.39 is 11.6 Å². The quantitative estimate of drug-likeness (QED) is 0.454. The van der Waals surface area contributed by atoms with Gasteiger partial charge in [-0.1, -0.05) is 96.2 Å². The van der Waals surface area contributed by atoms with E-state index >= 15 is 0 Å². The van der Waals surface area contributed by atoms with Crippen LogP contribution in [0.5, 0.6) is 0 Å². The number of nitrogens with zero attached hydrogens (tertiary/aromatic N) is 2. The van der Waals surface area contributed by atoms with Gasteiger partial charge in [-0.15, -0.1) is 0 Å². The summed E-state index contributed by atoms with van der Waals surface area (Å²) < 4.78 is 5.30. The van der Waals surface area contributed by atoms with Gasteiger partial charge in [0.25, 0.3) is 0 Å². The van der Waals surface area contributed by atoms with Crippen molar-refractivity contribution in [2.75, 3.05) is 13.1 Å². The summed E-state index contributed by atoms with van der Waals surface area (Å²) >= 11 is 0. The van der Waals surface area contributed by atoms with Crippen molar-refractivity contribution < 1.29 is 9.63 Å². The average molecular weight is 423 g/mol. The Balaban J connectivity index is 1.71. The molecule has 2 heterocycles. The first-order valence-electron chi connectivity index (χ1n) is 11.0. The number of piperidine rings is 1. The molecular formula is C28H26N2O2. The van der Waals surface area contributed by atoms with E-state index in [1.54, 1.807) is 6.20 Å². The fraction of sp³-hybridized carbons (Fsp3) is 0.179. The van der Waals surface area contributed by atoms with Crippen LogP contribution in [0.4, 0.5) is 0 Å². The van der Waals surface area contributed by atoms with Gasteiger partial charge in [-0.05, 0) is 34.8 Å². The molecule has 1 aromatic heterocycles. The Labute approximate surface area is 188 Å². The zero-order valence-corrected chi connectivity index (χ0v) is 17.8. The van der Waals surface area contributed by atoms with E-state index in [2.05, 4.69) is 101 Å². The SMILES string of the molecule is OC1CCN(C(c2ccccc2)(c2ccccc2)c2ccccc2)C/C1=C/c1ccno1. The Morgan fingerprint density at radius 2 is 1.34 bits per heavy atom. The number of aliphatic hydroxyl groups excluding tert-OH is 1. The minimum absolute atomic E-state index is 0.496. The second kappa shape index (κ2) is 8.95. The third kappa shape index (κ3) is 3.68. The number of likely N-dealkylation sites (tertiary alicyclic amines) is 1. The molecule has 0 radical (unpaired) electrons. The molecular weight excluding hydrogens is 396 g/mol. The zero-order chi connectivity index (χ0) is 21.8. The number of hydrogen-bond acceptors (Lipinski definition) is 4. The summed E-state index contributed by atoms with van der Waals surface area (Å²) in [5, 5.41) is 14.6. The molecule has 4 aromatic rings. The molecule has 5 rings (SSSR count). The van der Waals surface area contributed by atoms with E-state index in [-0.39, 0.29) is 0 Å². The minimum atomic E-state index is -0.503. The molecule has 32 heavy (non-hydrogen) atoms. The number of benzene rings is 3. The van der Waals surface area contributed by atoms with Gasteiger partial charge >= 0.3 is 0 Å². The minimum Gasteiger partial charge on any atom is -0.389 e. The second-order valence-corrected chi connectivity index (χ2v) is 8.17. The van der Waals surface area contributed by atoms with Crippen molar-refractivity contribution in [1.29, 1.82) is 0 Å². The van der Waals surface area contributed by atoms with Crippen molar-refractivity contribution >= 4 is 6.08 Å². The van der Waals surface area contributed by atoms with Crippen molar-refractivity contribution in [3.63, 3.8) is 0 Å². The third-order valence-electron chi connectivity index (χ3n) is 6.31. The van der Waals surface area contributed by atoms with Crippen LogP contribution in [0.2, 0.25) is 0 Å². The van der Waals surface area contributed by atoms with Gasteiger partial charge in [0.1, 0.15) is 0 Å². The highest BCUT2D eigenvalue weighted by molar-refractivity contribution is 5.53. The monoisotopic (exact) mass is 422 g/mol. The van der Waals surface area contributed by atoms with Gasteiger partial charge in [0.15, 0.2) is 5.76 Å². The van der Waals surface area contributed by atoms with Crippen LogP contribution in [0.25, 0.3) is 6.08 Å². The summed E-state index contributed by atoms with van der Waals surface area (Å²) in [5.41, 5.74) is 4.04. The maximum absolute atomic E-state index is 10.8. The standard InChI is InChI=1S/C28H26N2O2/c31-27-17-19-30(21-22(27)20-26-16-18-29-32-26)28(23-10-4-1-5-11-23,24-12-6-2-7-13-24)25-14-8-3-9-15-25/h1-16,18,20,27,31H,17,19,21H2/b22-20-. The Bertz CT molecular complexity index is 1060. The van der Waals surface area contributed by atoms with E-state index in [1.165, 1.54) is 16.7 Å². The van der Waals surface area contributed by atoms with E-state index in [1.807, 2.05) is 12.1 Å². The molecule has 0 aliphatic carbocycles. The lowest BCUT2D eigenvalue weighted by Crippen LogP contribution is -2.52. The molecule has 0 spiro atoms. The highest BCUT2D eigenvalue weighted by atomic mass is 16.5. The first-order valence-corrected chi connectivity index (χ1v) is 11.0. The molecule has 3 aromatic carbocycles. The molecule has 1 N–H and O–H groups in total. The summed E-state index contributed by atoms with van der Waals surface area (Å²) in [7, 11) is 0. The lowest BCUT2D eigenvalue weighted by molar-refractivity contribution is 0.0870. The maximum Gasteiger partial charge on any atom is 0.159 e. The van der Waals surface area contributed by atoms with Crippen LogP contribution in [0.1, 0.15) is 28.9 Å². The van der Waals surface area contributed by atoms with E-state index in [9.17, 15) is 5.11 Å². The van der Waals surface area contributed by atoms with Crippen molar-refractivity contribution in [3.8, 4) is 0 Å². The molecule has 4 nitrogen and oxygen atoms in total. The van der Waals surface area contributed by atoms with E-state index in [4.69, 9.17) is 4.52 Å². The van der Waals surface area contributed by atoms with Crippen LogP contribution in [0.15, 0.2) is 113 Å². The second-order valence-electron chi connectivity index (χ2n) is 8.17. The maximum atomic E-state index is 10.8. The van der Waals surface area contributed by atoms with Crippen molar-refractivity contribution in [3.05, 3.63) is 131 Å². The van der Waals surface area contributed by atoms with Crippen LogP contribution in [-0.4, -0.2) is 34.4 Å². The Morgan fingerprint density at radius 3 is 1.81 bits per heavy atom. The molecule has 1 aliphatic rings. The number of aliphatic hydroxyl groups is 1. The van der Waals surface area contributed by atoms with Crippen LogP contribution in [-0.2, 0) is 5.54 Å². The number of aromatic nitrogens is 1. The first-order chi connectivity index (χ1) is 15.8. The normalized spacial score (nSPS) is 18.7. The third-order valence-corrected chi connectivity index (χ3v) is 6.31. The summed E-state index contributed by atoms with van der Waals surface area (Å²) in [5.74, 6) is 0.658. The highest BCUT2D eigenvalue weighted by Crippen LogP contribution is 2.44. The molecule has 4 heteroatoms. The lowest BCUT2D eigenvalue weighted by Gasteiger charge is -2.48. The molecule has 1 unspecified atom stereocenters. The van der Waals surface area contributed by atoms with Gasteiger partial charge in [-0.2, -0.15) is 0 Å². The summed E-state index contributed by atoms with van der Waals surface area (Å²) in [4.78, 5) is 2.47. The van der Waals surface area contributed by atoms with E-state index in [0.717, 1.165) is 12.1 Å². The Kier molecular flexibility index (Phi) is 5.71. The van der Waals surface area contributed by atoms with E-state index in [0.29, 0.717) is 18.7 Å². The molecule has 0 saturated carbocycles. The van der Waals surface area contributed by atoms with Crippen LogP contribution in [0, 0.1) is 0 Å². The van der Waals surface area contributed by atoms with Gasteiger partial charge in [-0.25, -0.2) is 0 Å². The van der Waals surface area contributed by atoms with Gasteiger partial charge in [0.2, 0.25) is 0 Å². The zero-order valence-electron chi connectivity index (χ0n) is 17.8. The Morgan fingerprint density at radius 1 is 0.812 bits per heavy atom. The number of hydrogen-bond donors (Lipinski definition) is 1. The number of rotatable bonds is 5. The smallest absolute Gasteiger partial charge is 0.159 e. The van der Waals surface area contributed by atoms with Crippen molar-refractivity contribution in [2.45, 2.75) is 18.1 Å². The highest BCUT2D eigenvalue weighted by Gasteiger charge is 2.44. The summed E-state index contributed by atoms with van der Waals surface area (Å²) in [6.45, 7) is 1.37. The summed E-state index contributed by atoms with van der Waals surface area (Å²) in [6, 6.07) is 33.8. The Hall–Kier alpha value is -3.47. The van der Waals surface area contributed by atoms with Crippen molar-refractivity contribution in [1.82, 2.24) is 10.1 Å². The first kappa shape index (κ1) is 20.4. The topological polar surface area (TPSA) is 49.5 Å². The molecule has 1 saturated heterocycles. The van der Waals surface area contributed by atoms with Crippen LogP contribution < -0.4 is 0 Å². The molecule has 0 bridgehead atoms. The van der Waals surface area contributed by atoms with Gasteiger partial charge in [-0.3, -0.25) is 4.90 Å². The van der Waals surface area contributed by atoms with Gasteiger partial charge in [0, 0.05) is 19.2 Å². The predicted molar refractivity (Wildman–Crippen MR) is 126 cm³/mol. The molecule has 1 fully saturated rings. The predicted octanol–water partition coefficient (Wildman–Crippen LogP) is 5.12. The lowest BCUT2D eigenvalue weighted by atomic mass is 9.74. The molecule has 160 valence electrons. The van der Waals surface area contributed by atoms with Crippen LogP contribution in [0.3, 0.4) is 0 Å².